The van der Waals surface area contributed by atoms with Crippen LogP contribution >= 0.6 is 11.8 Å². The number of thioether (sulfide) groups is 1. The third kappa shape index (κ3) is 5.69. The SMILES string of the molecule is CC[C@@H](C(=O)N[C@@H](Cc1ccccc1)C(=O)C(=O)O)N1C=CS[C@@H](C(C)C)C1=O. The van der Waals surface area contributed by atoms with Crippen molar-refractivity contribution in [2.75, 3.05) is 0 Å². The number of carbonyl (C=O) groups is 4. The monoisotopic (exact) mass is 418 g/mol. The molecule has 0 saturated carbocycles. The van der Waals surface area contributed by atoms with Crippen molar-refractivity contribution in [3.8, 4) is 0 Å². The Hall–Kier alpha value is -2.61. The van der Waals surface area contributed by atoms with Gasteiger partial charge in [0.1, 0.15) is 12.1 Å². The molecule has 1 aromatic carbocycles. The molecule has 0 fully saturated rings. The quantitative estimate of drug-likeness (QED) is 0.596. The van der Waals surface area contributed by atoms with Crippen molar-refractivity contribution in [2.45, 2.75) is 50.9 Å². The lowest BCUT2D eigenvalue weighted by Crippen LogP contribution is -2.55. The summed E-state index contributed by atoms with van der Waals surface area (Å²) < 4.78 is 0. The van der Waals surface area contributed by atoms with Crippen LogP contribution in [0.5, 0.6) is 0 Å². The molecule has 2 rings (SSSR count). The number of Topliss-reactive ketones (excluding diaryl/α,β-unsaturated/α-hetero) is 1. The van der Waals surface area contributed by atoms with Gasteiger partial charge in [-0.1, -0.05) is 51.1 Å². The number of carboxylic acids is 1. The van der Waals surface area contributed by atoms with E-state index in [0.29, 0.717) is 6.42 Å². The van der Waals surface area contributed by atoms with E-state index >= 15 is 0 Å². The zero-order chi connectivity index (χ0) is 21.6. The van der Waals surface area contributed by atoms with Gasteiger partial charge in [-0.25, -0.2) is 4.79 Å². The summed E-state index contributed by atoms with van der Waals surface area (Å²) in [5, 5.41) is 13.2. The number of hydrogen-bond acceptors (Lipinski definition) is 5. The van der Waals surface area contributed by atoms with Crippen LogP contribution in [0.1, 0.15) is 32.8 Å². The van der Waals surface area contributed by atoms with Crippen LogP contribution in [0.4, 0.5) is 0 Å². The van der Waals surface area contributed by atoms with Crippen LogP contribution in [-0.2, 0) is 25.6 Å². The van der Waals surface area contributed by atoms with Gasteiger partial charge in [0.15, 0.2) is 0 Å². The standard InChI is InChI=1S/C21H26N2O5S/c1-4-16(23-10-11-29-18(13(2)3)20(23)26)19(25)22-15(17(24)21(27)28)12-14-8-6-5-7-9-14/h5-11,13,15-16,18H,4,12H2,1-3H3,(H,22,25)(H,27,28)/t15-,16-,18-/m0/s1. The Morgan fingerprint density at radius 3 is 2.41 bits per heavy atom. The molecule has 1 heterocycles. The number of benzene rings is 1. The topological polar surface area (TPSA) is 104 Å². The van der Waals surface area contributed by atoms with Gasteiger partial charge in [-0.3, -0.25) is 14.4 Å². The molecular formula is C21H26N2O5S. The molecule has 0 aromatic heterocycles. The maximum absolute atomic E-state index is 12.9. The lowest BCUT2D eigenvalue weighted by Gasteiger charge is -2.34. The zero-order valence-corrected chi connectivity index (χ0v) is 17.5. The first-order valence-corrected chi connectivity index (χ1v) is 10.5. The highest BCUT2D eigenvalue weighted by molar-refractivity contribution is 8.03. The summed E-state index contributed by atoms with van der Waals surface area (Å²) in [5.74, 6) is -3.31. The Morgan fingerprint density at radius 1 is 1.21 bits per heavy atom. The van der Waals surface area contributed by atoms with Crippen molar-refractivity contribution in [1.82, 2.24) is 10.2 Å². The lowest BCUT2D eigenvalue weighted by molar-refractivity contribution is -0.150. The number of nitrogens with one attached hydrogen (secondary N) is 1. The van der Waals surface area contributed by atoms with E-state index < -0.39 is 29.7 Å². The molecular weight excluding hydrogens is 392 g/mol. The summed E-state index contributed by atoms with van der Waals surface area (Å²) in [6, 6.07) is 6.83. The summed E-state index contributed by atoms with van der Waals surface area (Å²) in [6.07, 6.45) is 1.96. The van der Waals surface area contributed by atoms with Crippen molar-refractivity contribution in [1.29, 1.82) is 0 Å². The average molecular weight is 419 g/mol. The molecule has 0 bridgehead atoms. The van der Waals surface area contributed by atoms with E-state index in [2.05, 4.69) is 5.32 Å². The van der Waals surface area contributed by atoms with Crippen molar-refractivity contribution in [2.24, 2.45) is 5.92 Å². The van der Waals surface area contributed by atoms with Crippen molar-refractivity contribution in [3.63, 3.8) is 0 Å². The molecule has 0 aliphatic carbocycles. The maximum atomic E-state index is 12.9. The molecule has 0 spiro atoms. The zero-order valence-electron chi connectivity index (χ0n) is 16.7. The van der Waals surface area contributed by atoms with E-state index in [9.17, 15) is 19.2 Å². The molecule has 2 N–H and O–H groups in total. The minimum absolute atomic E-state index is 0.0579. The molecule has 0 unspecified atom stereocenters. The first kappa shape index (κ1) is 22.7. The molecule has 0 saturated heterocycles. The van der Waals surface area contributed by atoms with Crippen LogP contribution in [0.25, 0.3) is 0 Å². The summed E-state index contributed by atoms with van der Waals surface area (Å²) >= 11 is 1.41. The summed E-state index contributed by atoms with van der Waals surface area (Å²) in [6.45, 7) is 5.65. The maximum Gasteiger partial charge on any atom is 0.374 e. The highest BCUT2D eigenvalue weighted by Gasteiger charge is 2.37. The van der Waals surface area contributed by atoms with Gasteiger partial charge in [-0.15, -0.1) is 11.8 Å². The van der Waals surface area contributed by atoms with Gasteiger partial charge in [0.25, 0.3) is 5.78 Å². The number of rotatable bonds is 9. The Bertz CT molecular complexity index is 794. The molecule has 156 valence electrons. The highest BCUT2D eigenvalue weighted by atomic mass is 32.2. The molecule has 3 atom stereocenters. The fraction of sp³-hybridized carbons (Fsp3) is 0.429. The van der Waals surface area contributed by atoms with Gasteiger partial charge in [0.05, 0.1) is 5.25 Å². The van der Waals surface area contributed by atoms with Gasteiger partial charge in [0.2, 0.25) is 11.8 Å². The van der Waals surface area contributed by atoms with Crippen molar-refractivity contribution < 1.29 is 24.3 Å². The Labute approximate surface area is 174 Å². The van der Waals surface area contributed by atoms with Gasteiger partial charge in [-0.2, -0.15) is 0 Å². The Kier molecular flexibility index (Phi) is 8.01. The van der Waals surface area contributed by atoms with Gasteiger partial charge < -0.3 is 15.3 Å². The van der Waals surface area contributed by atoms with E-state index in [1.54, 1.807) is 48.9 Å². The van der Waals surface area contributed by atoms with E-state index in [-0.39, 0.29) is 23.5 Å². The number of hydrogen-bond donors (Lipinski definition) is 2. The van der Waals surface area contributed by atoms with Crippen molar-refractivity contribution >= 4 is 35.3 Å². The van der Waals surface area contributed by atoms with Crippen molar-refractivity contribution in [3.05, 3.63) is 47.5 Å². The lowest BCUT2D eigenvalue weighted by atomic mass is 10.0. The second-order valence-corrected chi connectivity index (χ2v) is 8.23. The highest BCUT2D eigenvalue weighted by Crippen LogP contribution is 2.29. The Morgan fingerprint density at radius 2 is 1.86 bits per heavy atom. The van der Waals surface area contributed by atoms with Crippen LogP contribution in [-0.4, -0.2) is 50.9 Å². The molecule has 0 radical (unpaired) electrons. The first-order valence-electron chi connectivity index (χ1n) is 9.52. The number of carboxylic acid groups (broad SMARTS) is 1. The molecule has 2 amide bonds. The number of ketones is 1. The van der Waals surface area contributed by atoms with E-state index in [1.165, 1.54) is 16.7 Å². The molecule has 29 heavy (non-hydrogen) atoms. The summed E-state index contributed by atoms with van der Waals surface area (Å²) in [7, 11) is 0. The first-order chi connectivity index (χ1) is 13.8. The Balaban J connectivity index is 2.20. The average Bonchev–Trinajstić information content (AvgIpc) is 2.69. The van der Waals surface area contributed by atoms with Gasteiger partial charge >= 0.3 is 5.97 Å². The molecule has 1 aliphatic rings. The largest absolute Gasteiger partial charge is 0.475 e. The number of carbonyl (C=O) groups excluding carboxylic acids is 3. The predicted molar refractivity (Wildman–Crippen MR) is 111 cm³/mol. The van der Waals surface area contributed by atoms with Gasteiger partial charge in [-0.05, 0) is 23.3 Å². The minimum Gasteiger partial charge on any atom is -0.475 e. The fourth-order valence-electron chi connectivity index (χ4n) is 3.15. The van der Waals surface area contributed by atoms with E-state index in [0.717, 1.165) is 5.56 Å². The second-order valence-electron chi connectivity index (χ2n) is 7.18. The van der Waals surface area contributed by atoms with Crippen LogP contribution in [0.15, 0.2) is 41.9 Å². The minimum atomic E-state index is -1.61. The number of nitrogens with zero attached hydrogens (tertiary/aromatic N) is 1. The van der Waals surface area contributed by atoms with E-state index in [1.807, 2.05) is 13.8 Å². The molecule has 8 heteroatoms. The van der Waals surface area contributed by atoms with Gasteiger partial charge in [0, 0.05) is 12.6 Å². The third-order valence-electron chi connectivity index (χ3n) is 4.70. The van der Waals surface area contributed by atoms with E-state index in [4.69, 9.17) is 5.11 Å². The van der Waals surface area contributed by atoms with Crippen LogP contribution in [0, 0.1) is 5.92 Å². The number of aliphatic carboxylic acids is 1. The third-order valence-corrected chi connectivity index (χ3v) is 6.02. The van der Waals surface area contributed by atoms with Crippen LogP contribution in [0.3, 0.4) is 0 Å². The normalized spacial score (nSPS) is 18.4. The van der Waals surface area contributed by atoms with Crippen LogP contribution in [0.2, 0.25) is 0 Å². The van der Waals surface area contributed by atoms with Crippen LogP contribution < -0.4 is 5.32 Å². The fourth-order valence-corrected chi connectivity index (χ4v) is 4.07. The molecule has 1 aliphatic heterocycles. The summed E-state index contributed by atoms with van der Waals surface area (Å²) in [4.78, 5) is 50.5. The number of amides is 2. The second kappa shape index (κ2) is 10.2. The molecule has 7 nitrogen and oxygen atoms in total. The smallest absolute Gasteiger partial charge is 0.374 e. The predicted octanol–water partition coefficient (Wildman–Crippen LogP) is 2.22. The molecule has 1 aromatic rings. The summed E-state index contributed by atoms with van der Waals surface area (Å²) in [5.41, 5.74) is 0.727.